The summed E-state index contributed by atoms with van der Waals surface area (Å²) in [6.45, 7) is 2.80. The molecule has 3 aromatic rings. The van der Waals surface area contributed by atoms with Crippen LogP contribution in [0.4, 0.5) is 9.80 Å². The van der Waals surface area contributed by atoms with Crippen molar-refractivity contribution in [1.82, 2.24) is 4.90 Å². The number of primary amides is 1. The highest BCUT2D eigenvalue weighted by Gasteiger charge is 2.30. The summed E-state index contributed by atoms with van der Waals surface area (Å²) in [7, 11) is 0. The predicted molar refractivity (Wildman–Crippen MR) is 116 cm³/mol. The number of anilines is 1. The molecule has 1 aromatic heterocycles. The minimum Gasteiger partial charge on any atom is -0.450 e. The zero-order valence-corrected chi connectivity index (χ0v) is 17.3. The van der Waals surface area contributed by atoms with Crippen molar-refractivity contribution in [2.45, 2.75) is 19.9 Å². The summed E-state index contributed by atoms with van der Waals surface area (Å²) in [5, 5.41) is 5.07. The number of amides is 3. The SMILES string of the molecule is CCOC(=O)N1CCc2c(sc(NC(=O)c3cccc4ccccc34)c2C(N)=O)C1. The molecule has 30 heavy (non-hydrogen) atoms. The first-order valence-corrected chi connectivity index (χ1v) is 10.5. The number of rotatable bonds is 4. The number of benzene rings is 2. The van der Waals surface area contributed by atoms with Gasteiger partial charge in [-0.3, -0.25) is 9.59 Å². The van der Waals surface area contributed by atoms with Gasteiger partial charge in [0.15, 0.2) is 0 Å². The summed E-state index contributed by atoms with van der Waals surface area (Å²) in [5.41, 5.74) is 7.28. The number of hydrogen-bond acceptors (Lipinski definition) is 5. The molecule has 3 amide bonds. The van der Waals surface area contributed by atoms with Crippen LogP contribution in [0.15, 0.2) is 42.5 Å². The quantitative estimate of drug-likeness (QED) is 0.667. The topological polar surface area (TPSA) is 102 Å². The van der Waals surface area contributed by atoms with E-state index in [2.05, 4.69) is 5.32 Å². The minimum absolute atomic E-state index is 0.297. The Morgan fingerprint density at radius 2 is 1.93 bits per heavy atom. The fourth-order valence-electron chi connectivity index (χ4n) is 3.72. The molecule has 8 heteroatoms. The van der Waals surface area contributed by atoms with Crippen molar-refractivity contribution < 1.29 is 19.1 Å². The Morgan fingerprint density at radius 3 is 2.70 bits per heavy atom. The van der Waals surface area contributed by atoms with Crippen molar-refractivity contribution in [1.29, 1.82) is 0 Å². The first kappa shape index (κ1) is 19.9. The van der Waals surface area contributed by atoms with Crippen LogP contribution in [0, 0.1) is 0 Å². The van der Waals surface area contributed by atoms with Crippen molar-refractivity contribution >= 4 is 45.0 Å². The van der Waals surface area contributed by atoms with Crippen LogP contribution >= 0.6 is 11.3 Å². The lowest BCUT2D eigenvalue weighted by atomic mass is 10.0. The fraction of sp³-hybridized carbons (Fsp3) is 0.227. The van der Waals surface area contributed by atoms with E-state index in [1.165, 1.54) is 11.3 Å². The second-order valence-electron chi connectivity index (χ2n) is 6.92. The van der Waals surface area contributed by atoms with E-state index in [4.69, 9.17) is 10.5 Å². The maximum Gasteiger partial charge on any atom is 0.410 e. The summed E-state index contributed by atoms with van der Waals surface area (Å²) in [5.74, 6) is -0.902. The third kappa shape index (κ3) is 3.61. The molecule has 2 heterocycles. The summed E-state index contributed by atoms with van der Waals surface area (Å²) in [4.78, 5) is 39.7. The molecule has 0 bridgehead atoms. The zero-order valence-electron chi connectivity index (χ0n) is 16.4. The second kappa shape index (κ2) is 8.16. The Balaban J connectivity index is 1.66. The largest absolute Gasteiger partial charge is 0.450 e. The Bertz CT molecular complexity index is 1150. The fourth-order valence-corrected chi connectivity index (χ4v) is 4.98. The van der Waals surface area contributed by atoms with E-state index in [-0.39, 0.29) is 5.91 Å². The monoisotopic (exact) mass is 423 g/mol. The Labute approximate surface area is 177 Å². The molecule has 1 aliphatic heterocycles. The van der Waals surface area contributed by atoms with E-state index in [9.17, 15) is 14.4 Å². The number of nitrogens with one attached hydrogen (secondary N) is 1. The van der Waals surface area contributed by atoms with E-state index in [1.807, 2.05) is 36.4 Å². The van der Waals surface area contributed by atoms with Crippen LogP contribution in [0.3, 0.4) is 0 Å². The molecule has 2 aromatic carbocycles. The van der Waals surface area contributed by atoms with E-state index in [0.29, 0.717) is 42.2 Å². The predicted octanol–water partition coefficient (Wildman–Crippen LogP) is 3.77. The third-order valence-corrected chi connectivity index (χ3v) is 6.22. The lowest BCUT2D eigenvalue weighted by Crippen LogP contribution is -2.36. The van der Waals surface area contributed by atoms with Gasteiger partial charge in [0.1, 0.15) is 5.00 Å². The molecule has 154 valence electrons. The number of hydrogen-bond donors (Lipinski definition) is 2. The second-order valence-corrected chi connectivity index (χ2v) is 8.03. The average molecular weight is 423 g/mol. The maximum atomic E-state index is 13.0. The Kier molecular flexibility index (Phi) is 5.41. The van der Waals surface area contributed by atoms with Crippen LogP contribution in [0.1, 0.15) is 38.1 Å². The third-order valence-electron chi connectivity index (χ3n) is 5.09. The van der Waals surface area contributed by atoms with E-state index < -0.39 is 12.0 Å². The number of thiophene rings is 1. The van der Waals surface area contributed by atoms with Crippen LogP contribution < -0.4 is 11.1 Å². The molecule has 3 N–H and O–H groups in total. The molecule has 0 spiro atoms. The Hall–Kier alpha value is -3.39. The van der Waals surface area contributed by atoms with Crippen molar-refractivity contribution in [2.24, 2.45) is 5.73 Å². The van der Waals surface area contributed by atoms with Gasteiger partial charge >= 0.3 is 6.09 Å². The first-order valence-electron chi connectivity index (χ1n) is 9.64. The summed E-state index contributed by atoms with van der Waals surface area (Å²) < 4.78 is 5.07. The lowest BCUT2D eigenvalue weighted by molar-refractivity contribution is 0.0997. The number of nitrogens with zero attached hydrogens (tertiary/aromatic N) is 1. The molecule has 0 saturated heterocycles. The van der Waals surface area contributed by atoms with Crippen LogP contribution in [0.2, 0.25) is 0 Å². The molecule has 4 rings (SSSR count). The van der Waals surface area contributed by atoms with E-state index >= 15 is 0 Å². The number of ether oxygens (including phenoxy) is 1. The van der Waals surface area contributed by atoms with Gasteiger partial charge in [-0.15, -0.1) is 11.3 Å². The van der Waals surface area contributed by atoms with Gasteiger partial charge in [-0.2, -0.15) is 0 Å². The van der Waals surface area contributed by atoms with Crippen LogP contribution in [0.5, 0.6) is 0 Å². The van der Waals surface area contributed by atoms with E-state index in [0.717, 1.165) is 21.2 Å². The van der Waals surface area contributed by atoms with Crippen LogP contribution in [-0.4, -0.2) is 36.0 Å². The summed E-state index contributed by atoms with van der Waals surface area (Å²) in [6.07, 6.45) is 0.0890. The van der Waals surface area contributed by atoms with Crippen molar-refractivity contribution in [3.8, 4) is 0 Å². The molecule has 0 radical (unpaired) electrons. The number of carbonyl (C=O) groups is 3. The zero-order chi connectivity index (χ0) is 21.3. The van der Waals surface area contributed by atoms with Gasteiger partial charge in [-0.05, 0) is 35.7 Å². The van der Waals surface area contributed by atoms with Crippen molar-refractivity contribution in [2.75, 3.05) is 18.5 Å². The molecule has 0 atom stereocenters. The maximum absolute atomic E-state index is 13.0. The van der Waals surface area contributed by atoms with Crippen LogP contribution in [0.25, 0.3) is 10.8 Å². The van der Waals surface area contributed by atoms with Gasteiger partial charge in [0.2, 0.25) is 0 Å². The van der Waals surface area contributed by atoms with Crippen LogP contribution in [-0.2, 0) is 17.7 Å². The van der Waals surface area contributed by atoms with Gasteiger partial charge in [-0.1, -0.05) is 36.4 Å². The Morgan fingerprint density at radius 1 is 1.17 bits per heavy atom. The number of fused-ring (bicyclic) bond motifs is 2. The molecule has 0 unspecified atom stereocenters. The van der Waals surface area contributed by atoms with Crippen molar-refractivity contribution in [3.63, 3.8) is 0 Å². The van der Waals surface area contributed by atoms with Crippen molar-refractivity contribution in [3.05, 3.63) is 64.0 Å². The highest BCUT2D eigenvalue weighted by atomic mass is 32.1. The highest BCUT2D eigenvalue weighted by Crippen LogP contribution is 2.37. The molecule has 0 aliphatic carbocycles. The molecule has 0 fully saturated rings. The first-order chi connectivity index (χ1) is 14.5. The summed E-state index contributed by atoms with van der Waals surface area (Å²) in [6, 6.07) is 13.1. The normalized spacial score (nSPS) is 13.0. The minimum atomic E-state index is -0.592. The van der Waals surface area contributed by atoms with Gasteiger partial charge in [0.25, 0.3) is 11.8 Å². The molecule has 1 aliphatic rings. The highest BCUT2D eigenvalue weighted by molar-refractivity contribution is 7.17. The van der Waals surface area contributed by atoms with Gasteiger partial charge in [0, 0.05) is 17.0 Å². The number of carbonyl (C=O) groups excluding carboxylic acids is 3. The van der Waals surface area contributed by atoms with Gasteiger partial charge < -0.3 is 20.7 Å². The molecule has 7 nitrogen and oxygen atoms in total. The lowest BCUT2D eigenvalue weighted by Gasteiger charge is -2.26. The standard InChI is InChI=1S/C22H21N3O4S/c1-2-29-22(28)25-11-10-16-17(12-25)30-21(18(16)19(23)26)24-20(27)15-9-5-7-13-6-3-4-8-14(13)15/h3-9H,2,10-12H2,1H3,(H2,23,26)(H,24,27). The molecular weight excluding hydrogens is 402 g/mol. The average Bonchev–Trinajstić information content (AvgIpc) is 3.10. The summed E-state index contributed by atoms with van der Waals surface area (Å²) >= 11 is 1.28. The van der Waals surface area contributed by atoms with E-state index in [1.54, 1.807) is 17.9 Å². The van der Waals surface area contributed by atoms with Gasteiger partial charge in [0.05, 0.1) is 18.7 Å². The molecular formula is C22H21N3O4S. The smallest absolute Gasteiger partial charge is 0.410 e. The van der Waals surface area contributed by atoms with Gasteiger partial charge in [-0.25, -0.2) is 4.79 Å². The number of nitrogens with two attached hydrogens (primary N) is 1. The molecule has 0 saturated carbocycles.